The lowest BCUT2D eigenvalue weighted by atomic mass is 10.2. The summed E-state index contributed by atoms with van der Waals surface area (Å²) in [6, 6.07) is 7.23. The Bertz CT molecular complexity index is 587. The monoisotopic (exact) mass is 259 g/mol. The summed E-state index contributed by atoms with van der Waals surface area (Å²) in [7, 11) is 1.55. The SMILES string of the molecule is COCc1oc(-c2ccccn2)cc1C=CC(=O)O. The molecule has 0 saturated carbocycles. The number of rotatable bonds is 5. The predicted octanol–water partition coefficient (Wildman–Crippen LogP) is 2.59. The minimum Gasteiger partial charge on any atom is -0.478 e. The first kappa shape index (κ1) is 13.0. The van der Waals surface area contributed by atoms with E-state index < -0.39 is 5.97 Å². The standard InChI is InChI=1S/C14H13NO4/c1-18-9-13-10(5-6-14(16)17)8-12(19-13)11-4-2-3-7-15-11/h2-8H,9H2,1H3,(H,16,17). The quantitative estimate of drug-likeness (QED) is 0.835. The first-order valence-corrected chi connectivity index (χ1v) is 5.64. The molecule has 0 fully saturated rings. The van der Waals surface area contributed by atoms with Crippen LogP contribution in [0.3, 0.4) is 0 Å². The van der Waals surface area contributed by atoms with E-state index in [0.717, 1.165) is 6.08 Å². The molecule has 0 aliphatic carbocycles. The van der Waals surface area contributed by atoms with Crippen LogP contribution in [0.15, 0.2) is 41.0 Å². The Kier molecular flexibility index (Phi) is 4.10. The summed E-state index contributed by atoms with van der Waals surface area (Å²) in [6.45, 7) is 0.270. The number of ether oxygens (including phenoxy) is 1. The number of hydrogen-bond acceptors (Lipinski definition) is 4. The van der Waals surface area contributed by atoms with E-state index in [1.54, 1.807) is 19.4 Å². The number of nitrogens with zero attached hydrogens (tertiary/aromatic N) is 1. The molecule has 2 aromatic heterocycles. The van der Waals surface area contributed by atoms with Crippen molar-refractivity contribution >= 4 is 12.0 Å². The maximum atomic E-state index is 10.6. The van der Waals surface area contributed by atoms with Gasteiger partial charge in [-0.05, 0) is 24.3 Å². The molecule has 0 aliphatic rings. The number of hydrogen-bond donors (Lipinski definition) is 1. The molecule has 5 heteroatoms. The summed E-state index contributed by atoms with van der Waals surface area (Å²) in [5.41, 5.74) is 1.36. The zero-order valence-electron chi connectivity index (χ0n) is 10.4. The van der Waals surface area contributed by atoms with Crippen LogP contribution in [-0.4, -0.2) is 23.2 Å². The van der Waals surface area contributed by atoms with Gasteiger partial charge in [0, 0.05) is 24.9 Å². The van der Waals surface area contributed by atoms with Crippen molar-refractivity contribution in [1.29, 1.82) is 0 Å². The van der Waals surface area contributed by atoms with Crippen LogP contribution >= 0.6 is 0 Å². The van der Waals surface area contributed by atoms with Gasteiger partial charge < -0.3 is 14.3 Å². The van der Waals surface area contributed by atoms with Crippen molar-refractivity contribution in [2.24, 2.45) is 0 Å². The second kappa shape index (κ2) is 5.97. The van der Waals surface area contributed by atoms with E-state index in [9.17, 15) is 4.79 Å². The molecule has 1 N–H and O–H groups in total. The summed E-state index contributed by atoms with van der Waals surface area (Å²) in [6.07, 6.45) is 4.21. The number of aliphatic carboxylic acids is 1. The average molecular weight is 259 g/mol. The molecule has 0 bridgehead atoms. The number of aromatic nitrogens is 1. The van der Waals surface area contributed by atoms with Crippen molar-refractivity contribution in [3.05, 3.63) is 47.9 Å². The van der Waals surface area contributed by atoms with E-state index in [1.165, 1.54) is 6.08 Å². The Morgan fingerprint density at radius 3 is 3.00 bits per heavy atom. The Balaban J connectivity index is 2.37. The van der Waals surface area contributed by atoms with Gasteiger partial charge in [-0.25, -0.2) is 4.79 Å². The minimum absolute atomic E-state index is 0.270. The van der Waals surface area contributed by atoms with Crippen molar-refractivity contribution in [1.82, 2.24) is 4.98 Å². The Hall–Kier alpha value is -2.40. The lowest BCUT2D eigenvalue weighted by Crippen LogP contribution is -1.89. The maximum Gasteiger partial charge on any atom is 0.328 e. The lowest BCUT2D eigenvalue weighted by molar-refractivity contribution is -0.131. The third kappa shape index (κ3) is 3.29. The molecule has 2 heterocycles. The number of pyridine rings is 1. The van der Waals surface area contributed by atoms with E-state index in [1.807, 2.05) is 18.2 Å². The minimum atomic E-state index is -1.01. The Morgan fingerprint density at radius 1 is 1.53 bits per heavy atom. The number of carbonyl (C=O) groups is 1. The van der Waals surface area contributed by atoms with Crippen LogP contribution in [0.4, 0.5) is 0 Å². The molecule has 0 saturated heterocycles. The average Bonchev–Trinajstić information content (AvgIpc) is 2.81. The largest absolute Gasteiger partial charge is 0.478 e. The van der Waals surface area contributed by atoms with Gasteiger partial charge in [0.25, 0.3) is 0 Å². The summed E-state index contributed by atoms with van der Waals surface area (Å²) >= 11 is 0. The van der Waals surface area contributed by atoms with Crippen LogP contribution in [0, 0.1) is 0 Å². The van der Waals surface area contributed by atoms with Gasteiger partial charge in [-0.15, -0.1) is 0 Å². The Labute approximate surface area is 110 Å². The maximum absolute atomic E-state index is 10.6. The van der Waals surface area contributed by atoms with Crippen molar-refractivity contribution in [2.75, 3.05) is 7.11 Å². The van der Waals surface area contributed by atoms with Gasteiger partial charge in [0.2, 0.25) is 0 Å². The molecule has 0 unspecified atom stereocenters. The fraction of sp³-hybridized carbons (Fsp3) is 0.143. The molecule has 0 aliphatic heterocycles. The number of furan rings is 1. The van der Waals surface area contributed by atoms with Gasteiger partial charge in [-0.1, -0.05) is 6.07 Å². The lowest BCUT2D eigenvalue weighted by Gasteiger charge is -1.96. The van der Waals surface area contributed by atoms with E-state index in [0.29, 0.717) is 22.8 Å². The fourth-order valence-corrected chi connectivity index (χ4v) is 1.62. The van der Waals surface area contributed by atoms with Crippen LogP contribution in [0.2, 0.25) is 0 Å². The zero-order valence-corrected chi connectivity index (χ0v) is 10.4. The van der Waals surface area contributed by atoms with Gasteiger partial charge in [0.05, 0.1) is 0 Å². The molecule has 98 valence electrons. The highest BCUT2D eigenvalue weighted by Gasteiger charge is 2.11. The van der Waals surface area contributed by atoms with Crippen LogP contribution < -0.4 is 0 Å². The third-order valence-electron chi connectivity index (χ3n) is 2.44. The second-order valence-electron chi connectivity index (χ2n) is 3.81. The van der Waals surface area contributed by atoms with Gasteiger partial charge >= 0.3 is 5.97 Å². The molecule has 19 heavy (non-hydrogen) atoms. The number of methoxy groups -OCH3 is 1. The molecular formula is C14H13NO4. The summed E-state index contributed by atoms with van der Waals surface area (Å²) < 4.78 is 10.7. The fourth-order valence-electron chi connectivity index (χ4n) is 1.62. The summed E-state index contributed by atoms with van der Waals surface area (Å²) in [4.78, 5) is 14.7. The van der Waals surface area contributed by atoms with Crippen molar-refractivity contribution in [2.45, 2.75) is 6.61 Å². The van der Waals surface area contributed by atoms with Gasteiger partial charge in [-0.3, -0.25) is 4.98 Å². The van der Waals surface area contributed by atoms with Crippen molar-refractivity contribution in [3.63, 3.8) is 0 Å². The topological polar surface area (TPSA) is 72.6 Å². The first-order chi connectivity index (χ1) is 9.20. The molecule has 2 rings (SSSR count). The molecule has 0 aromatic carbocycles. The summed E-state index contributed by atoms with van der Waals surface area (Å²) in [5, 5.41) is 8.66. The van der Waals surface area contributed by atoms with Crippen molar-refractivity contribution < 1.29 is 19.1 Å². The highest BCUT2D eigenvalue weighted by molar-refractivity contribution is 5.85. The first-order valence-electron chi connectivity index (χ1n) is 5.64. The van der Waals surface area contributed by atoms with Gasteiger partial charge in [-0.2, -0.15) is 0 Å². The van der Waals surface area contributed by atoms with Crippen molar-refractivity contribution in [3.8, 4) is 11.5 Å². The molecule has 2 aromatic rings. The molecule has 0 amide bonds. The Morgan fingerprint density at radius 2 is 2.37 bits per heavy atom. The smallest absolute Gasteiger partial charge is 0.328 e. The van der Waals surface area contributed by atoms with Gasteiger partial charge in [0.15, 0.2) is 5.76 Å². The second-order valence-corrected chi connectivity index (χ2v) is 3.81. The number of carboxylic acid groups (broad SMARTS) is 1. The third-order valence-corrected chi connectivity index (χ3v) is 2.44. The molecule has 5 nitrogen and oxygen atoms in total. The molecule has 0 atom stereocenters. The number of carboxylic acids is 1. The molecule has 0 spiro atoms. The van der Waals surface area contributed by atoms with E-state index >= 15 is 0 Å². The summed E-state index contributed by atoms with van der Waals surface area (Å²) in [5.74, 6) is 0.141. The van der Waals surface area contributed by atoms with E-state index in [-0.39, 0.29) is 6.61 Å². The van der Waals surface area contributed by atoms with Gasteiger partial charge in [0.1, 0.15) is 18.1 Å². The highest BCUT2D eigenvalue weighted by Crippen LogP contribution is 2.25. The molecule has 0 radical (unpaired) electrons. The van der Waals surface area contributed by atoms with E-state index in [2.05, 4.69) is 4.98 Å². The van der Waals surface area contributed by atoms with Crippen LogP contribution in [0.1, 0.15) is 11.3 Å². The normalized spacial score (nSPS) is 11.0. The molecular weight excluding hydrogens is 246 g/mol. The highest BCUT2D eigenvalue weighted by atomic mass is 16.5. The van der Waals surface area contributed by atoms with E-state index in [4.69, 9.17) is 14.3 Å². The van der Waals surface area contributed by atoms with Crippen LogP contribution in [-0.2, 0) is 16.1 Å². The predicted molar refractivity (Wildman–Crippen MR) is 69.3 cm³/mol. The van der Waals surface area contributed by atoms with Crippen LogP contribution in [0.25, 0.3) is 17.5 Å². The zero-order chi connectivity index (χ0) is 13.7. The van der Waals surface area contributed by atoms with Crippen LogP contribution in [0.5, 0.6) is 0 Å².